The van der Waals surface area contributed by atoms with Gasteiger partial charge in [0.1, 0.15) is 17.9 Å². The van der Waals surface area contributed by atoms with Gasteiger partial charge in [0.25, 0.3) is 0 Å². The number of ether oxygens (including phenoxy) is 2. The van der Waals surface area contributed by atoms with Crippen LogP contribution >= 0.6 is 0 Å². The summed E-state index contributed by atoms with van der Waals surface area (Å²) >= 11 is 0. The standard InChI is InChI=1S/C17H20FN5O5/c1-5-17(7-24)9(25)6-10(27-17)23-8-19-11-12(20-14(18)22-13(11)23)21-15(26)28-16(2,3)4/h1,8-10,24-25H,6-7H2,2-4H3,(H,20,21,22,26)/t9-,10+,17+/m0/s1. The van der Waals surface area contributed by atoms with Crippen LogP contribution in [0.5, 0.6) is 0 Å². The summed E-state index contributed by atoms with van der Waals surface area (Å²) in [6, 6.07) is 0. The number of hydrogen-bond donors (Lipinski definition) is 3. The van der Waals surface area contributed by atoms with Gasteiger partial charge in [-0.3, -0.25) is 9.88 Å². The van der Waals surface area contributed by atoms with Gasteiger partial charge in [0.15, 0.2) is 22.6 Å². The first-order chi connectivity index (χ1) is 13.1. The number of terminal acetylenes is 1. The van der Waals surface area contributed by atoms with Crippen molar-refractivity contribution >= 4 is 23.1 Å². The smallest absolute Gasteiger partial charge is 0.413 e. The number of aliphatic hydroxyl groups excluding tert-OH is 2. The van der Waals surface area contributed by atoms with E-state index < -0.39 is 42.3 Å². The molecule has 28 heavy (non-hydrogen) atoms. The fourth-order valence-electron chi connectivity index (χ4n) is 2.83. The van der Waals surface area contributed by atoms with Gasteiger partial charge in [-0.25, -0.2) is 9.78 Å². The third-order valence-electron chi connectivity index (χ3n) is 4.11. The molecule has 2 aromatic heterocycles. The molecule has 11 heteroatoms. The van der Waals surface area contributed by atoms with Gasteiger partial charge in [-0.2, -0.15) is 14.4 Å². The Morgan fingerprint density at radius 2 is 2.29 bits per heavy atom. The predicted octanol–water partition coefficient (Wildman–Crippen LogP) is 0.956. The second-order valence-corrected chi connectivity index (χ2v) is 7.31. The van der Waals surface area contributed by atoms with Crippen molar-refractivity contribution in [3.05, 3.63) is 12.4 Å². The lowest BCUT2D eigenvalue weighted by Crippen LogP contribution is -2.41. The summed E-state index contributed by atoms with van der Waals surface area (Å²) in [5.74, 6) is 2.07. The molecule has 3 N–H and O–H groups in total. The first-order valence-electron chi connectivity index (χ1n) is 8.43. The van der Waals surface area contributed by atoms with Crippen LogP contribution in [0.3, 0.4) is 0 Å². The summed E-state index contributed by atoms with van der Waals surface area (Å²) in [4.78, 5) is 23.4. The molecule has 0 aliphatic carbocycles. The van der Waals surface area contributed by atoms with Crippen molar-refractivity contribution in [2.24, 2.45) is 0 Å². The van der Waals surface area contributed by atoms with Gasteiger partial charge in [0, 0.05) is 6.42 Å². The molecule has 0 bridgehead atoms. The second-order valence-electron chi connectivity index (χ2n) is 7.31. The van der Waals surface area contributed by atoms with Crippen molar-refractivity contribution in [2.75, 3.05) is 11.9 Å². The molecule has 3 heterocycles. The maximum absolute atomic E-state index is 14.0. The van der Waals surface area contributed by atoms with E-state index >= 15 is 0 Å². The fourth-order valence-corrected chi connectivity index (χ4v) is 2.83. The molecule has 0 saturated carbocycles. The number of hydrogen-bond acceptors (Lipinski definition) is 8. The van der Waals surface area contributed by atoms with Crippen molar-refractivity contribution in [1.29, 1.82) is 0 Å². The summed E-state index contributed by atoms with van der Waals surface area (Å²) in [6.07, 6.45) is 2.76. The lowest BCUT2D eigenvalue weighted by molar-refractivity contribution is -0.0891. The van der Waals surface area contributed by atoms with Gasteiger partial charge >= 0.3 is 12.2 Å². The van der Waals surface area contributed by atoms with Crippen molar-refractivity contribution in [1.82, 2.24) is 19.5 Å². The van der Waals surface area contributed by atoms with Crippen LogP contribution in [0.4, 0.5) is 15.0 Å². The van der Waals surface area contributed by atoms with E-state index in [1.807, 2.05) is 0 Å². The highest BCUT2D eigenvalue weighted by Crippen LogP contribution is 2.37. The van der Waals surface area contributed by atoms with E-state index in [1.165, 1.54) is 10.9 Å². The third kappa shape index (κ3) is 3.62. The summed E-state index contributed by atoms with van der Waals surface area (Å²) in [6.45, 7) is 4.44. The molecular weight excluding hydrogens is 373 g/mol. The number of anilines is 1. The van der Waals surface area contributed by atoms with E-state index in [-0.39, 0.29) is 23.4 Å². The SMILES string of the molecule is C#C[C@]1(CO)O[C@@H](n2cnc3c(NC(=O)OC(C)(C)C)nc(F)nc32)C[C@@H]1O. The number of carbonyl (C=O) groups is 1. The highest BCUT2D eigenvalue weighted by Gasteiger charge is 2.47. The largest absolute Gasteiger partial charge is 0.444 e. The Hall–Kier alpha value is -2.81. The number of halogens is 1. The minimum Gasteiger partial charge on any atom is -0.444 e. The zero-order valence-corrected chi connectivity index (χ0v) is 15.5. The Morgan fingerprint density at radius 1 is 1.57 bits per heavy atom. The third-order valence-corrected chi connectivity index (χ3v) is 4.11. The summed E-state index contributed by atoms with van der Waals surface area (Å²) in [5.41, 5.74) is -2.23. The highest BCUT2D eigenvalue weighted by molar-refractivity contribution is 5.93. The first-order valence-corrected chi connectivity index (χ1v) is 8.43. The van der Waals surface area contributed by atoms with Crippen molar-refractivity contribution in [3.8, 4) is 12.3 Å². The Kier molecular flexibility index (Phi) is 4.97. The van der Waals surface area contributed by atoms with Gasteiger partial charge in [0.2, 0.25) is 0 Å². The van der Waals surface area contributed by atoms with Crippen molar-refractivity contribution < 1.29 is 28.9 Å². The van der Waals surface area contributed by atoms with Gasteiger partial charge in [-0.15, -0.1) is 6.42 Å². The van der Waals surface area contributed by atoms with Crippen LogP contribution in [-0.2, 0) is 9.47 Å². The topological polar surface area (TPSA) is 132 Å². The molecule has 2 aromatic rings. The average Bonchev–Trinajstić information content (AvgIpc) is 3.14. The van der Waals surface area contributed by atoms with E-state index in [4.69, 9.17) is 15.9 Å². The Bertz CT molecular complexity index is 950. The minimum atomic E-state index is -1.58. The quantitative estimate of drug-likeness (QED) is 0.519. The molecule has 1 fully saturated rings. The highest BCUT2D eigenvalue weighted by atomic mass is 19.1. The molecule has 0 aromatic carbocycles. The number of rotatable bonds is 3. The maximum Gasteiger partial charge on any atom is 0.413 e. The number of nitrogens with one attached hydrogen (secondary N) is 1. The average molecular weight is 393 g/mol. The number of aromatic nitrogens is 4. The van der Waals surface area contributed by atoms with E-state index in [2.05, 4.69) is 26.2 Å². The molecule has 0 unspecified atom stereocenters. The van der Waals surface area contributed by atoms with Crippen LogP contribution < -0.4 is 5.32 Å². The summed E-state index contributed by atoms with van der Waals surface area (Å²) in [5, 5.41) is 22.0. The van der Waals surface area contributed by atoms with E-state index in [1.54, 1.807) is 20.8 Å². The first kappa shape index (κ1) is 19.9. The fraction of sp³-hybridized carbons (Fsp3) is 0.529. The lowest BCUT2D eigenvalue weighted by atomic mass is 9.99. The normalized spacial score (nSPS) is 24.9. The monoisotopic (exact) mass is 393 g/mol. The van der Waals surface area contributed by atoms with Crippen LogP contribution in [0.15, 0.2) is 6.33 Å². The molecule has 1 saturated heterocycles. The van der Waals surface area contributed by atoms with E-state index in [0.29, 0.717) is 0 Å². The van der Waals surface area contributed by atoms with E-state index in [9.17, 15) is 19.4 Å². The number of carbonyl (C=O) groups excluding carboxylic acids is 1. The molecule has 3 rings (SSSR count). The number of nitrogens with zero attached hydrogens (tertiary/aromatic N) is 4. The molecule has 1 aliphatic rings. The van der Waals surface area contributed by atoms with Crippen LogP contribution in [0.1, 0.15) is 33.4 Å². The number of aliphatic hydroxyl groups is 2. The lowest BCUT2D eigenvalue weighted by Gasteiger charge is -2.23. The number of amides is 1. The predicted molar refractivity (Wildman–Crippen MR) is 94.5 cm³/mol. The van der Waals surface area contributed by atoms with E-state index in [0.717, 1.165) is 0 Å². The Labute approximate surface area is 159 Å². The van der Waals surface area contributed by atoms with Crippen LogP contribution in [0.25, 0.3) is 11.2 Å². The number of imidazole rings is 1. The molecule has 0 spiro atoms. The summed E-state index contributed by atoms with van der Waals surface area (Å²) < 4.78 is 26.1. The Balaban J connectivity index is 1.95. The zero-order valence-electron chi connectivity index (χ0n) is 15.5. The van der Waals surface area contributed by atoms with Crippen molar-refractivity contribution in [3.63, 3.8) is 0 Å². The molecule has 1 aliphatic heterocycles. The molecule has 0 radical (unpaired) electrons. The van der Waals surface area contributed by atoms with Gasteiger partial charge in [-0.05, 0) is 20.8 Å². The molecule has 1 amide bonds. The van der Waals surface area contributed by atoms with Crippen molar-refractivity contribution in [2.45, 2.75) is 50.7 Å². The van der Waals surface area contributed by atoms with Crippen LogP contribution in [0, 0.1) is 18.4 Å². The second kappa shape index (κ2) is 6.97. The summed E-state index contributed by atoms with van der Waals surface area (Å²) in [7, 11) is 0. The minimum absolute atomic E-state index is 0.0153. The van der Waals surface area contributed by atoms with Crippen LogP contribution in [0.2, 0.25) is 0 Å². The Morgan fingerprint density at radius 3 is 2.86 bits per heavy atom. The zero-order chi connectivity index (χ0) is 20.7. The van der Waals surface area contributed by atoms with Gasteiger partial charge < -0.3 is 19.7 Å². The van der Waals surface area contributed by atoms with Crippen LogP contribution in [-0.4, -0.2) is 59.7 Å². The molecule has 150 valence electrons. The molecule has 3 atom stereocenters. The molecular formula is C17H20FN5O5. The molecule has 10 nitrogen and oxygen atoms in total. The van der Waals surface area contributed by atoms with Gasteiger partial charge in [0.05, 0.1) is 12.9 Å². The number of fused-ring (bicyclic) bond motifs is 1. The maximum atomic E-state index is 14.0. The van der Waals surface area contributed by atoms with Gasteiger partial charge in [-0.1, -0.05) is 5.92 Å².